The topological polar surface area (TPSA) is 86.6 Å². The van der Waals surface area contributed by atoms with Crippen molar-refractivity contribution in [1.29, 1.82) is 0 Å². The second-order valence-electron chi connectivity index (χ2n) is 4.92. The lowest BCUT2D eigenvalue weighted by molar-refractivity contribution is -0.147. The summed E-state index contributed by atoms with van der Waals surface area (Å²) in [6.45, 7) is 5.16. The Morgan fingerprint density at radius 3 is 2.53 bits per heavy atom. The number of nitrogens with one attached hydrogen (secondary N) is 1. The highest BCUT2D eigenvalue weighted by molar-refractivity contribution is 5.97. The molecule has 5 nitrogen and oxygen atoms in total. The molecule has 0 aromatic heterocycles. The third-order valence-corrected chi connectivity index (χ3v) is 3.33. The van der Waals surface area contributed by atoms with E-state index >= 15 is 0 Å². The van der Waals surface area contributed by atoms with Gasteiger partial charge in [0, 0.05) is 6.54 Å². The van der Waals surface area contributed by atoms with Crippen LogP contribution in [0.25, 0.3) is 0 Å². The van der Waals surface area contributed by atoms with Crippen LogP contribution >= 0.6 is 0 Å². The van der Waals surface area contributed by atoms with Gasteiger partial charge in [0.1, 0.15) is 5.75 Å². The van der Waals surface area contributed by atoms with Crippen LogP contribution in [0.1, 0.15) is 36.2 Å². The largest absolute Gasteiger partial charge is 0.507 e. The zero-order valence-corrected chi connectivity index (χ0v) is 11.4. The number of rotatable bonds is 5. The molecule has 0 saturated carbocycles. The maximum Gasteiger partial charge on any atom is 0.311 e. The number of phenols is 1. The molecule has 1 unspecified atom stereocenters. The Kier molecular flexibility index (Phi) is 4.53. The second-order valence-corrected chi connectivity index (χ2v) is 4.92. The molecule has 1 aromatic carbocycles. The van der Waals surface area contributed by atoms with E-state index in [1.807, 2.05) is 6.92 Å². The van der Waals surface area contributed by atoms with Crippen LogP contribution in [0.15, 0.2) is 18.2 Å². The van der Waals surface area contributed by atoms with Crippen molar-refractivity contribution >= 4 is 11.9 Å². The van der Waals surface area contributed by atoms with Crippen molar-refractivity contribution < 1.29 is 19.8 Å². The highest BCUT2D eigenvalue weighted by atomic mass is 16.4. The summed E-state index contributed by atoms with van der Waals surface area (Å²) in [7, 11) is 0. The third kappa shape index (κ3) is 3.47. The highest BCUT2D eigenvalue weighted by Gasteiger charge is 2.31. The summed E-state index contributed by atoms with van der Waals surface area (Å²) in [4.78, 5) is 23.1. The number of hydrogen-bond donors (Lipinski definition) is 3. The van der Waals surface area contributed by atoms with Gasteiger partial charge in [0.2, 0.25) is 0 Å². The van der Waals surface area contributed by atoms with Crippen LogP contribution in [0.3, 0.4) is 0 Å². The van der Waals surface area contributed by atoms with Gasteiger partial charge >= 0.3 is 5.97 Å². The van der Waals surface area contributed by atoms with E-state index in [4.69, 9.17) is 5.11 Å². The van der Waals surface area contributed by atoms with Crippen molar-refractivity contribution in [1.82, 2.24) is 5.32 Å². The number of phenolic OH excluding ortho intramolecular Hbond substituents is 1. The van der Waals surface area contributed by atoms with Crippen molar-refractivity contribution in [3.63, 3.8) is 0 Å². The zero-order chi connectivity index (χ0) is 14.6. The lowest BCUT2D eigenvalue weighted by atomic mass is 9.87. The first kappa shape index (κ1) is 15.0. The molecule has 3 N–H and O–H groups in total. The van der Waals surface area contributed by atoms with E-state index in [1.54, 1.807) is 26.0 Å². The van der Waals surface area contributed by atoms with E-state index in [-0.39, 0.29) is 17.9 Å². The van der Waals surface area contributed by atoms with Crippen molar-refractivity contribution in [3.8, 4) is 5.75 Å². The summed E-state index contributed by atoms with van der Waals surface area (Å²) in [5.41, 5.74) is -0.00182. The number of carboxylic acid groups (broad SMARTS) is 1. The predicted molar refractivity (Wildman–Crippen MR) is 71.2 cm³/mol. The molecule has 0 saturated heterocycles. The standard InChI is InChI=1S/C14H19NO4/c1-4-14(3,13(18)19)8-15-12(17)10-7-9(2)5-6-11(10)16/h5-7,16H,4,8H2,1-3H3,(H,15,17)(H,18,19). The van der Waals surface area contributed by atoms with Crippen LogP contribution in [-0.4, -0.2) is 28.6 Å². The minimum atomic E-state index is -1.00. The normalized spacial score (nSPS) is 13.6. The Labute approximate surface area is 112 Å². The fraction of sp³-hybridized carbons (Fsp3) is 0.429. The van der Waals surface area contributed by atoms with Gasteiger partial charge in [-0.25, -0.2) is 0 Å². The van der Waals surface area contributed by atoms with Crippen molar-refractivity contribution in [2.45, 2.75) is 27.2 Å². The number of aryl methyl sites for hydroxylation is 1. The summed E-state index contributed by atoms with van der Waals surface area (Å²) in [6.07, 6.45) is 0.405. The number of aliphatic carboxylic acids is 1. The van der Waals surface area contributed by atoms with Crippen molar-refractivity contribution in [2.75, 3.05) is 6.54 Å². The van der Waals surface area contributed by atoms with Crippen LogP contribution in [0, 0.1) is 12.3 Å². The summed E-state index contributed by atoms with van der Waals surface area (Å²) in [5, 5.41) is 21.3. The number of aromatic hydroxyl groups is 1. The van der Waals surface area contributed by atoms with Gasteiger partial charge in [0.05, 0.1) is 11.0 Å². The number of carboxylic acids is 1. The molecular weight excluding hydrogens is 246 g/mol. The maximum absolute atomic E-state index is 11.9. The first-order valence-corrected chi connectivity index (χ1v) is 6.11. The first-order chi connectivity index (χ1) is 8.80. The SMILES string of the molecule is CCC(C)(CNC(=O)c1cc(C)ccc1O)C(=O)O. The molecule has 0 bridgehead atoms. The number of benzene rings is 1. The van der Waals surface area contributed by atoms with Crippen molar-refractivity contribution in [2.24, 2.45) is 5.41 Å². The molecule has 1 rings (SSSR count). The summed E-state index contributed by atoms with van der Waals surface area (Å²) < 4.78 is 0. The van der Waals surface area contributed by atoms with Gasteiger partial charge in [0.25, 0.3) is 5.91 Å². The molecule has 0 aliphatic carbocycles. The van der Waals surface area contributed by atoms with E-state index < -0.39 is 17.3 Å². The van der Waals surface area contributed by atoms with Gasteiger partial charge in [-0.2, -0.15) is 0 Å². The van der Waals surface area contributed by atoms with Crippen LogP contribution in [-0.2, 0) is 4.79 Å². The maximum atomic E-state index is 11.9. The van der Waals surface area contributed by atoms with Crippen molar-refractivity contribution in [3.05, 3.63) is 29.3 Å². The predicted octanol–water partition coefficient (Wildman–Crippen LogP) is 1.93. The molecule has 104 valence electrons. The molecule has 19 heavy (non-hydrogen) atoms. The molecular formula is C14H19NO4. The zero-order valence-electron chi connectivity index (χ0n) is 11.4. The fourth-order valence-corrected chi connectivity index (χ4v) is 1.55. The van der Waals surface area contributed by atoms with Gasteiger partial charge in [-0.1, -0.05) is 18.6 Å². The Morgan fingerprint density at radius 2 is 2.00 bits per heavy atom. The van der Waals surface area contributed by atoms with Gasteiger partial charge < -0.3 is 15.5 Å². The smallest absolute Gasteiger partial charge is 0.311 e. The number of hydrogen-bond acceptors (Lipinski definition) is 3. The summed E-state index contributed by atoms with van der Waals surface area (Å²) in [6, 6.07) is 4.70. The van der Waals surface area contributed by atoms with Crippen LogP contribution in [0.2, 0.25) is 0 Å². The Balaban J connectivity index is 2.81. The molecule has 0 radical (unpaired) electrons. The highest BCUT2D eigenvalue weighted by Crippen LogP contribution is 2.21. The van der Waals surface area contributed by atoms with E-state index in [0.29, 0.717) is 6.42 Å². The van der Waals surface area contributed by atoms with E-state index in [0.717, 1.165) is 5.56 Å². The minimum Gasteiger partial charge on any atom is -0.507 e. The summed E-state index contributed by atoms with van der Waals surface area (Å²) >= 11 is 0. The Hall–Kier alpha value is -2.04. The van der Waals surface area contributed by atoms with Crippen LogP contribution < -0.4 is 5.32 Å². The minimum absolute atomic E-state index is 0.0189. The van der Waals surface area contributed by atoms with E-state index in [1.165, 1.54) is 6.07 Å². The summed E-state index contributed by atoms with van der Waals surface area (Å²) in [5.74, 6) is -1.54. The number of carbonyl (C=O) groups is 2. The molecule has 1 atom stereocenters. The Bertz CT molecular complexity index is 498. The number of amides is 1. The monoisotopic (exact) mass is 265 g/mol. The molecule has 0 spiro atoms. The average Bonchev–Trinajstić information content (AvgIpc) is 2.38. The quantitative estimate of drug-likeness (QED) is 0.759. The lowest BCUT2D eigenvalue weighted by Gasteiger charge is -2.23. The molecule has 0 aliphatic heterocycles. The number of carbonyl (C=O) groups excluding carboxylic acids is 1. The first-order valence-electron chi connectivity index (χ1n) is 6.11. The third-order valence-electron chi connectivity index (χ3n) is 3.33. The van der Waals surface area contributed by atoms with Crippen LogP contribution in [0.4, 0.5) is 0 Å². The Morgan fingerprint density at radius 1 is 1.37 bits per heavy atom. The molecule has 0 heterocycles. The van der Waals surface area contributed by atoms with Gasteiger partial charge in [-0.15, -0.1) is 0 Å². The van der Waals surface area contributed by atoms with Gasteiger partial charge in [-0.3, -0.25) is 9.59 Å². The van der Waals surface area contributed by atoms with Crippen LogP contribution in [0.5, 0.6) is 5.75 Å². The fourth-order valence-electron chi connectivity index (χ4n) is 1.55. The van der Waals surface area contributed by atoms with E-state index in [9.17, 15) is 14.7 Å². The van der Waals surface area contributed by atoms with Gasteiger partial charge in [-0.05, 0) is 32.4 Å². The molecule has 0 fully saturated rings. The molecule has 1 amide bonds. The van der Waals surface area contributed by atoms with E-state index in [2.05, 4.69) is 5.32 Å². The lowest BCUT2D eigenvalue weighted by Crippen LogP contribution is -2.40. The molecule has 5 heteroatoms. The van der Waals surface area contributed by atoms with Gasteiger partial charge in [0.15, 0.2) is 0 Å². The molecule has 0 aliphatic rings. The second kappa shape index (κ2) is 5.73. The molecule has 1 aromatic rings. The average molecular weight is 265 g/mol.